The highest BCUT2D eigenvalue weighted by Gasteiger charge is 2.24. The molecule has 0 aromatic heterocycles. The van der Waals surface area contributed by atoms with Crippen molar-refractivity contribution >= 4 is 13.3 Å². The van der Waals surface area contributed by atoms with Crippen LogP contribution in [0.15, 0.2) is 54.6 Å². The maximum absolute atomic E-state index is 8.93. The number of hydrogen-bond donors (Lipinski definition) is 3. The Kier molecular flexibility index (Phi) is 11.2. The second kappa shape index (κ2) is 13.9. The molecular formula is C24H33BN2O4. The van der Waals surface area contributed by atoms with E-state index in [-0.39, 0.29) is 12.2 Å². The van der Waals surface area contributed by atoms with E-state index in [0.717, 1.165) is 51.7 Å². The first kappa shape index (κ1) is 25.0. The molecule has 6 nitrogen and oxygen atoms in total. The maximum Gasteiger partial charge on any atom is 0.451 e. The van der Waals surface area contributed by atoms with Crippen molar-refractivity contribution < 1.29 is 19.6 Å². The molecule has 1 heterocycles. The van der Waals surface area contributed by atoms with Gasteiger partial charge in [-0.2, -0.15) is 9.59 Å². The van der Waals surface area contributed by atoms with Crippen LogP contribution >= 0.6 is 0 Å². The van der Waals surface area contributed by atoms with Crippen molar-refractivity contribution in [2.45, 2.75) is 51.0 Å². The summed E-state index contributed by atoms with van der Waals surface area (Å²) in [5.74, 6) is 0.583. The fourth-order valence-electron chi connectivity index (χ4n) is 4.28. The molecule has 3 rings (SSSR count). The van der Waals surface area contributed by atoms with Crippen LogP contribution in [0.3, 0.4) is 0 Å². The van der Waals surface area contributed by atoms with Crippen LogP contribution in [0.4, 0.5) is 0 Å². The predicted molar refractivity (Wildman–Crippen MR) is 122 cm³/mol. The molecule has 1 saturated heterocycles. The van der Waals surface area contributed by atoms with Crippen molar-refractivity contribution in [3.05, 3.63) is 60.2 Å². The van der Waals surface area contributed by atoms with Crippen LogP contribution in [0.5, 0.6) is 0 Å². The van der Waals surface area contributed by atoms with Gasteiger partial charge >= 0.3 is 13.3 Å². The minimum absolute atomic E-state index is 0.231. The van der Waals surface area contributed by atoms with E-state index in [1.165, 1.54) is 16.7 Å². The Balaban J connectivity index is 0.00000107. The smallest absolute Gasteiger partial charge is 0.427 e. The summed E-state index contributed by atoms with van der Waals surface area (Å²) < 4.78 is 0. The zero-order valence-electron chi connectivity index (χ0n) is 18.0. The molecule has 1 atom stereocenters. The van der Waals surface area contributed by atoms with Gasteiger partial charge in [-0.15, -0.1) is 0 Å². The molecule has 4 N–H and O–H groups in total. The van der Waals surface area contributed by atoms with Gasteiger partial charge in [0.1, 0.15) is 0 Å². The van der Waals surface area contributed by atoms with E-state index >= 15 is 0 Å². The van der Waals surface area contributed by atoms with Crippen LogP contribution in [-0.4, -0.2) is 47.3 Å². The summed E-state index contributed by atoms with van der Waals surface area (Å²) in [6.07, 6.45) is 5.79. The third kappa shape index (κ3) is 8.78. The van der Waals surface area contributed by atoms with Crippen molar-refractivity contribution in [1.82, 2.24) is 4.90 Å². The zero-order chi connectivity index (χ0) is 22.5. The molecule has 0 saturated carbocycles. The summed E-state index contributed by atoms with van der Waals surface area (Å²) >= 11 is 0. The van der Waals surface area contributed by atoms with Crippen molar-refractivity contribution in [1.29, 1.82) is 0 Å². The van der Waals surface area contributed by atoms with Gasteiger partial charge in [0.25, 0.3) is 0 Å². The van der Waals surface area contributed by atoms with Crippen LogP contribution in [0, 0.1) is 5.92 Å². The minimum atomic E-state index is -1.18. The van der Waals surface area contributed by atoms with E-state index in [1.54, 1.807) is 0 Å². The Morgan fingerprint density at radius 1 is 1.00 bits per heavy atom. The van der Waals surface area contributed by atoms with Gasteiger partial charge in [-0.3, -0.25) is 4.90 Å². The lowest BCUT2D eigenvalue weighted by Crippen LogP contribution is -2.40. The third-order valence-corrected chi connectivity index (χ3v) is 5.98. The van der Waals surface area contributed by atoms with Gasteiger partial charge < -0.3 is 15.8 Å². The van der Waals surface area contributed by atoms with Crippen molar-refractivity contribution in [3.8, 4) is 11.1 Å². The van der Waals surface area contributed by atoms with E-state index in [1.807, 2.05) is 0 Å². The number of benzene rings is 2. The first-order chi connectivity index (χ1) is 15.0. The van der Waals surface area contributed by atoms with Gasteiger partial charge in [-0.25, -0.2) is 0 Å². The highest BCUT2D eigenvalue weighted by Crippen LogP contribution is 2.27. The van der Waals surface area contributed by atoms with Crippen LogP contribution in [0.2, 0.25) is 6.32 Å². The molecule has 7 heteroatoms. The molecule has 2 aromatic carbocycles. The van der Waals surface area contributed by atoms with Gasteiger partial charge in [0, 0.05) is 12.6 Å². The lowest BCUT2D eigenvalue weighted by molar-refractivity contribution is -0.191. The van der Waals surface area contributed by atoms with Gasteiger partial charge in [-0.1, -0.05) is 67.4 Å². The largest absolute Gasteiger partial charge is 0.451 e. The predicted octanol–water partition coefficient (Wildman–Crippen LogP) is 2.95. The Bertz CT molecular complexity index is 789. The first-order valence-electron chi connectivity index (χ1n) is 11.0. The lowest BCUT2D eigenvalue weighted by atomic mass is 9.82. The van der Waals surface area contributed by atoms with E-state index in [2.05, 4.69) is 59.5 Å². The molecule has 31 heavy (non-hydrogen) atoms. The second-order valence-corrected chi connectivity index (χ2v) is 8.15. The number of nitrogens with zero attached hydrogens (tertiary/aromatic N) is 1. The van der Waals surface area contributed by atoms with Crippen LogP contribution in [0.1, 0.15) is 37.7 Å². The molecule has 0 radical (unpaired) electrons. The quantitative estimate of drug-likeness (QED) is 0.423. The summed E-state index contributed by atoms with van der Waals surface area (Å²) in [6, 6.07) is 19.6. The number of carbonyl (C=O) groups excluding carboxylic acids is 2. The number of unbranched alkanes of at least 4 members (excludes halogenated alkanes) is 1. The molecule has 166 valence electrons. The van der Waals surface area contributed by atoms with Crippen LogP contribution in [-0.2, 0) is 16.1 Å². The highest BCUT2D eigenvalue weighted by molar-refractivity contribution is 6.40. The molecular weight excluding hydrogens is 391 g/mol. The third-order valence-electron chi connectivity index (χ3n) is 5.98. The average Bonchev–Trinajstić information content (AvgIpc) is 2.78. The maximum atomic E-state index is 8.93. The molecule has 0 amide bonds. The summed E-state index contributed by atoms with van der Waals surface area (Å²) in [6.45, 7) is 3.18. The topological polar surface area (TPSA) is 104 Å². The summed E-state index contributed by atoms with van der Waals surface area (Å²) in [7, 11) is -1.18. The SMILES string of the molecule is NC(CCCCB(O)O)C1CCN(Cc2ccccc2-c2ccccc2)CC1.O=C=O. The molecule has 1 aliphatic heterocycles. The average molecular weight is 424 g/mol. The Morgan fingerprint density at radius 2 is 1.61 bits per heavy atom. The fourth-order valence-corrected chi connectivity index (χ4v) is 4.28. The van der Waals surface area contributed by atoms with E-state index < -0.39 is 7.12 Å². The van der Waals surface area contributed by atoms with Crippen molar-refractivity contribution in [3.63, 3.8) is 0 Å². The number of piperidine rings is 1. The lowest BCUT2D eigenvalue weighted by Gasteiger charge is -2.35. The van der Waals surface area contributed by atoms with Crippen LogP contribution < -0.4 is 5.73 Å². The number of likely N-dealkylation sites (tertiary alicyclic amines) is 1. The molecule has 2 aromatic rings. The Hall–Kier alpha value is -2.28. The summed E-state index contributed by atoms with van der Waals surface area (Å²) in [4.78, 5) is 18.8. The highest BCUT2D eigenvalue weighted by atomic mass is 16.4. The monoisotopic (exact) mass is 424 g/mol. The van der Waals surface area contributed by atoms with Gasteiger partial charge in [0.05, 0.1) is 0 Å². The number of nitrogens with two attached hydrogens (primary N) is 1. The zero-order valence-corrected chi connectivity index (χ0v) is 18.0. The second-order valence-electron chi connectivity index (χ2n) is 8.15. The summed E-state index contributed by atoms with van der Waals surface area (Å²) in [5.41, 5.74) is 10.4. The van der Waals surface area contributed by atoms with Gasteiger partial charge in [-0.05, 0) is 61.3 Å². The first-order valence-corrected chi connectivity index (χ1v) is 11.0. The normalized spacial score (nSPS) is 15.5. The van der Waals surface area contributed by atoms with E-state index in [9.17, 15) is 0 Å². The van der Waals surface area contributed by atoms with E-state index in [4.69, 9.17) is 25.4 Å². The van der Waals surface area contributed by atoms with Crippen molar-refractivity contribution in [2.24, 2.45) is 11.7 Å². The minimum Gasteiger partial charge on any atom is -0.427 e. The molecule has 0 aliphatic carbocycles. The molecule has 1 aliphatic rings. The van der Waals surface area contributed by atoms with Crippen molar-refractivity contribution in [2.75, 3.05) is 13.1 Å². The van der Waals surface area contributed by atoms with E-state index in [0.29, 0.717) is 12.2 Å². The molecule has 1 unspecified atom stereocenters. The fraction of sp³-hybridized carbons (Fsp3) is 0.458. The molecule has 0 spiro atoms. The van der Waals surface area contributed by atoms with Gasteiger partial charge in [0.2, 0.25) is 0 Å². The summed E-state index contributed by atoms with van der Waals surface area (Å²) in [5, 5.41) is 17.9. The molecule has 1 fully saturated rings. The molecule has 0 bridgehead atoms. The Morgan fingerprint density at radius 3 is 2.26 bits per heavy atom. The number of rotatable bonds is 9. The van der Waals surface area contributed by atoms with Gasteiger partial charge in [0.15, 0.2) is 0 Å². The standard InChI is InChI=1S/C23H33BN2O2.CO2/c25-23(12-6-7-15-24(27)28)20-13-16-26(17-14-20)18-21-10-4-5-11-22(21)19-8-2-1-3-9-19;2-1-3/h1-5,8-11,20,23,27-28H,6-7,12-18,25H2;. The number of hydrogen-bond acceptors (Lipinski definition) is 6. The van der Waals surface area contributed by atoms with Crippen LogP contribution in [0.25, 0.3) is 11.1 Å². The Labute approximate surface area is 185 Å².